The van der Waals surface area contributed by atoms with Gasteiger partial charge in [0.05, 0.1) is 5.69 Å². The van der Waals surface area contributed by atoms with Gasteiger partial charge in [0.15, 0.2) is 0 Å². The van der Waals surface area contributed by atoms with Gasteiger partial charge in [-0.05, 0) is 27.2 Å². The molecule has 1 atom stereocenters. The van der Waals surface area contributed by atoms with Crippen LogP contribution in [0.4, 0.5) is 0 Å². The molecule has 118 valence electrons. The van der Waals surface area contributed by atoms with Gasteiger partial charge in [-0.3, -0.25) is 14.5 Å². The van der Waals surface area contributed by atoms with Crippen LogP contribution in [0.25, 0.3) is 0 Å². The molecule has 3 rings (SSSR count). The van der Waals surface area contributed by atoms with Crippen LogP contribution in [0.2, 0.25) is 0 Å². The lowest BCUT2D eigenvalue weighted by atomic mass is 10.2. The number of rotatable bonds is 4. The first-order valence-electron chi connectivity index (χ1n) is 8.39. The number of piperazine rings is 1. The number of hydrogen-bond donors (Lipinski definition) is 1. The molecule has 21 heavy (non-hydrogen) atoms. The highest BCUT2D eigenvalue weighted by atomic mass is 15.3. The minimum absolute atomic E-state index is 0.758. The van der Waals surface area contributed by atoms with Gasteiger partial charge in [-0.15, -0.1) is 0 Å². The molecule has 0 spiro atoms. The second kappa shape index (κ2) is 6.46. The van der Waals surface area contributed by atoms with E-state index >= 15 is 0 Å². The maximum atomic E-state index is 4.65. The largest absolute Gasteiger partial charge is 0.314 e. The minimum atomic E-state index is 0.758. The molecule has 2 saturated heterocycles. The molecule has 2 aliphatic heterocycles. The minimum Gasteiger partial charge on any atom is -0.314 e. The molecule has 0 aliphatic carbocycles. The van der Waals surface area contributed by atoms with Crippen molar-refractivity contribution in [3.63, 3.8) is 0 Å². The number of hydrogen-bond acceptors (Lipinski definition) is 4. The van der Waals surface area contributed by atoms with E-state index in [1.165, 1.54) is 49.6 Å². The molecule has 1 N–H and O–H groups in total. The van der Waals surface area contributed by atoms with Crippen LogP contribution in [-0.4, -0.2) is 64.9 Å². The van der Waals surface area contributed by atoms with Crippen LogP contribution in [0.3, 0.4) is 0 Å². The van der Waals surface area contributed by atoms with Crippen molar-refractivity contribution < 1.29 is 0 Å². The smallest absolute Gasteiger partial charge is 0.0641 e. The second-order valence-electron chi connectivity index (χ2n) is 6.43. The van der Waals surface area contributed by atoms with Gasteiger partial charge in [0.2, 0.25) is 0 Å². The third-order valence-corrected chi connectivity index (χ3v) is 5.13. The van der Waals surface area contributed by atoms with Crippen molar-refractivity contribution >= 4 is 0 Å². The van der Waals surface area contributed by atoms with Crippen LogP contribution >= 0.6 is 0 Å². The fraction of sp³-hybridized carbons (Fsp3) is 0.812. The molecule has 5 heteroatoms. The summed E-state index contributed by atoms with van der Waals surface area (Å²) >= 11 is 0. The van der Waals surface area contributed by atoms with Crippen LogP contribution < -0.4 is 5.32 Å². The molecule has 2 fully saturated rings. The Morgan fingerprint density at radius 2 is 1.95 bits per heavy atom. The van der Waals surface area contributed by atoms with Crippen molar-refractivity contribution in [3.8, 4) is 0 Å². The molecular formula is C16H29N5. The molecule has 0 aromatic carbocycles. The highest BCUT2D eigenvalue weighted by Crippen LogP contribution is 2.21. The number of likely N-dealkylation sites (tertiary alicyclic amines) is 1. The summed E-state index contributed by atoms with van der Waals surface area (Å²) in [4.78, 5) is 5.29. The fourth-order valence-corrected chi connectivity index (χ4v) is 3.80. The summed E-state index contributed by atoms with van der Waals surface area (Å²) < 4.78 is 2.13. The zero-order valence-electron chi connectivity index (χ0n) is 13.7. The Labute approximate surface area is 128 Å². The summed E-state index contributed by atoms with van der Waals surface area (Å²) in [5, 5.41) is 8.10. The summed E-state index contributed by atoms with van der Waals surface area (Å²) in [5.74, 6) is 0. The van der Waals surface area contributed by atoms with Crippen LogP contribution in [0.1, 0.15) is 30.3 Å². The fourth-order valence-electron chi connectivity index (χ4n) is 3.80. The summed E-state index contributed by atoms with van der Waals surface area (Å²) in [6, 6.07) is 0.758. The third-order valence-electron chi connectivity index (χ3n) is 5.13. The molecule has 3 heterocycles. The summed E-state index contributed by atoms with van der Waals surface area (Å²) in [5.41, 5.74) is 4.00. The first-order valence-corrected chi connectivity index (χ1v) is 8.39. The molecule has 0 radical (unpaired) electrons. The van der Waals surface area contributed by atoms with E-state index in [9.17, 15) is 0 Å². The molecule has 0 saturated carbocycles. The molecule has 1 aromatic heterocycles. The number of nitrogens with zero attached hydrogens (tertiary/aromatic N) is 4. The van der Waals surface area contributed by atoms with Gasteiger partial charge >= 0.3 is 0 Å². The molecule has 5 nitrogen and oxygen atoms in total. The van der Waals surface area contributed by atoms with Gasteiger partial charge in [0.25, 0.3) is 0 Å². The first-order chi connectivity index (χ1) is 10.2. The topological polar surface area (TPSA) is 36.3 Å². The van der Waals surface area contributed by atoms with Crippen molar-refractivity contribution in [1.29, 1.82) is 0 Å². The maximum Gasteiger partial charge on any atom is 0.0641 e. The van der Waals surface area contributed by atoms with Crippen molar-refractivity contribution in [2.45, 2.75) is 46.3 Å². The predicted molar refractivity (Wildman–Crippen MR) is 85.5 cm³/mol. The normalized spacial score (nSPS) is 24.8. The van der Waals surface area contributed by atoms with Gasteiger partial charge in [-0.1, -0.05) is 0 Å². The van der Waals surface area contributed by atoms with Crippen molar-refractivity contribution in [2.24, 2.45) is 0 Å². The second-order valence-corrected chi connectivity index (χ2v) is 6.43. The zero-order valence-corrected chi connectivity index (χ0v) is 13.7. The average molecular weight is 291 g/mol. The SMILES string of the molecule is CCn1nc(C)c(CN2CCC(N3CCNCC3)C2)c1C. The van der Waals surface area contributed by atoms with E-state index < -0.39 is 0 Å². The van der Waals surface area contributed by atoms with E-state index in [1.807, 2.05) is 0 Å². The maximum absolute atomic E-state index is 4.65. The summed E-state index contributed by atoms with van der Waals surface area (Å²) in [6.45, 7) is 15.7. The van der Waals surface area contributed by atoms with Gasteiger partial charge < -0.3 is 5.32 Å². The Bertz CT molecular complexity index is 475. The highest BCUT2D eigenvalue weighted by molar-refractivity contribution is 5.24. The first kappa shape index (κ1) is 15.0. The van der Waals surface area contributed by atoms with Crippen LogP contribution in [0.5, 0.6) is 0 Å². The van der Waals surface area contributed by atoms with Gasteiger partial charge in [-0.2, -0.15) is 5.10 Å². The predicted octanol–water partition coefficient (Wildman–Crippen LogP) is 0.999. The average Bonchev–Trinajstić information content (AvgIpc) is 3.08. The summed E-state index contributed by atoms with van der Waals surface area (Å²) in [7, 11) is 0. The Morgan fingerprint density at radius 1 is 1.19 bits per heavy atom. The van der Waals surface area contributed by atoms with Crippen LogP contribution in [0.15, 0.2) is 0 Å². The Kier molecular flexibility index (Phi) is 4.62. The highest BCUT2D eigenvalue weighted by Gasteiger charge is 2.29. The Morgan fingerprint density at radius 3 is 2.62 bits per heavy atom. The van der Waals surface area contributed by atoms with E-state index in [-0.39, 0.29) is 0 Å². The van der Waals surface area contributed by atoms with E-state index in [0.717, 1.165) is 32.2 Å². The van der Waals surface area contributed by atoms with Crippen molar-refractivity contribution in [3.05, 3.63) is 17.0 Å². The van der Waals surface area contributed by atoms with Crippen LogP contribution in [0, 0.1) is 13.8 Å². The molecule has 0 bridgehead atoms. The monoisotopic (exact) mass is 291 g/mol. The molecular weight excluding hydrogens is 262 g/mol. The molecule has 0 amide bonds. The molecule has 1 unspecified atom stereocenters. The molecule has 2 aliphatic rings. The lowest BCUT2D eigenvalue weighted by molar-refractivity contribution is 0.170. The van der Waals surface area contributed by atoms with Crippen LogP contribution in [-0.2, 0) is 13.1 Å². The Balaban J connectivity index is 1.60. The number of nitrogens with one attached hydrogen (secondary N) is 1. The van der Waals surface area contributed by atoms with Gasteiger partial charge in [0.1, 0.15) is 0 Å². The van der Waals surface area contributed by atoms with Gasteiger partial charge in [-0.25, -0.2) is 0 Å². The van der Waals surface area contributed by atoms with E-state index in [2.05, 4.69) is 45.7 Å². The van der Waals surface area contributed by atoms with E-state index in [1.54, 1.807) is 0 Å². The Hall–Kier alpha value is -0.910. The molecule has 1 aromatic rings. The van der Waals surface area contributed by atoms with Crippen molar-refractivity contribution in [2.75, 3.05) is 39.3 Å². The third kappa shape index (κ3) is 3.15. The number of aryl methyl sites for hydroxylation is 2. The van der Waals surface area contributed by atoms with E-state index in [0.29, 0.717) is 0 Å². The number of aromatic nitrogens is 2. The zero-order chi connectivity index (χ0) is 14.8. The van der Waals surface area contributed by atoms with E-state index in [4.69, 9.17) is 0 Å². The lowest BCUT2D eigenvalue weighted by Gasteiger charge is -2.32. The standard InChI is InChI=1S/C16H29N5/c1-4-21-14(3)16(13(2)18-21)12-19-8-5-15(11-19)20-9-6-17-7-10-20/h15,17H,4-12H2,1-3H3. The van der Waals surface area contributed by atoms with Crippen molar-refractivity contribution in [1.82, 2.24) is 24.9 Å². The summed E-state index contributed by atoms with van der Waals surface area (Å²) in [6.07, 6.45) is 1.32. The quantitative estimate of drug-likeness (QED) is 0.898. The van der Waals surface area contributed by atoms with Gasteiger partial charge in [0, 0.05) is 69.7 Å². The lowest BCUT2D eigenvalue weighted by Crippen LogP contribution is -2.49.